The molecule has 0 aliphatic rings. The number of aryl methyl sites for hydroxylation is 2. The molecule has 0 aliphatic heterocycles. The fraction of sp³-hybridized carbons (Fsp3) is 0.294. The topological polar surface area (TPSA) is 241 Å². The van der Waals surface area contributed by atoms with E-state index in [4.69, 9.17) is 28.8 Å². The van der Waals surface area contributed by atoms with E-state index in [2.05, 4.69) is 34.5 Å². The lowest BCUT2D eigenvalue weighted by Crippen LogP contribution is -2.25. The number of rotatable bonds is 39. The van der Waals surface area contributed by atoms with Crippen molar-refractivity contribution in [1.29, 1.82) is 0 Å². The predicted molar refractivity (Wildman–Crippen MR) is 400 cm³/mol. The first-order valence-corrected chi connectivity index (χ1v) is 35.2. The van der Waals surface area contributed by atoms with Crippen LogP contribution in [0.25, 0.3) is 0 Å². The monoisotopic (exact) mass is 1390 g/mol. The van der Waals surface area contributed by atoms with Gasteiger partial charge in [0.25, 0.3) is 0 Å². The molecule has 0 saturated carbocycles. The molecule has 8 aromatic rings. The highest BCUT2D eigenvalue weighted by atomic mass is 16.7. The highest BCUT2D eigenvalue weighted by Gasteiger charge is 2.27. The molecule has 0 N–H and O–H groups in total. The molecule has 0 fully saturated rings. The molecule has 8 rings (SSSR count). The molecule has 2 unspecified atom stereocenters. The van der Waals surface area contributed by atoms with Crippen molar-refractivity contribution in [1.82, 2.24) is 0 Å². The lowest BCUT2D eigenvalue weighted by atomic mass is 9.89. The van der Waals surface area contributed by atoms with Crippen LogP contribution in [0.1, 0.15) is 219 Å². The number of carbonyl (C=O) groups excluding carboxylic acids is 8. The Hall–Kier alpha value is -11.4. The van der Waals surface area contributed by atoms with Crippen LogP contribution in [0.3, 0.4) is 0 Å². The summed E-state index contributed by atoms with van der Waals surface area (Å²) in [6.07, 6.45) is 13.0. The average Bonchev–Trinajstić information content (AvgIpc) is 0.857. The maximum Gasteiger partial charge on any atom is 0.365 e. The molecule has 0 spiro atoms. The number of hydrogen-bond acceptors (Lipinski definition) is 18. The maximum atomic E-state index is 13.7. The van der Waals surface area contributed by atoms with Crippen molar-refractivity contribution < 1.29 is 67.2 Å². The van der Waals surface area contributed by atoms with E-state index in [9.17, 15) is 38.4 Å². The summed E-state index contributed by atoms with van der Waals surface area (Å²) in [6, 6.07) is 62.4. The van der Waals surface area contributed by atoms with Crippen molar-refractivity contribution in [3.8, 4) is 11.5 Å². The first-order valence-electron chi connectivity index (χ1n) is 35.2. The van der Waals surface area contributed by atoms with Crippen LogP contribution in [0.5, 0.6) is 11.5 Å². The SMILES string of the molecule is C/C(=N\OC(=O)c1ccccc1)C(=O)c1ccc(CCc2ccc(C(=O)/C(C)=N/OC(=O)c3ccccc3)cc2)cc1.CCCCCC(CC)/C(=N\OC(=O)c1ccccc1)C(=O)c1ccc(OCCCCCCOc2ccc(C(=O)/C(=N/OC(=O)c3ccccc3)C(CC)CCCC)cc2)cc1. The summed E-state index contributed by atoms with van der Waals surface area (Å²) in [4.78, 5) is 122. The molecule has 0 amide bonds. The van der Waals surface area contributed by atoms with E-state index >= 15 is 0 Å². The Balaban J connectivity index is 0.000000308. The Morgan fingerprint density at radius 2 is 0.592 bits per heavy atom. The predicted octanol–water partition coefficient (Wildman–Crippen LogP) is 18.6. The number of hydrogen-bond donors (Lipinski definition) is 0. The van der Waals surface area contributed by atoms with Crippen molar-refractivity contribution in [2.45, 2.75) is 138 Å². The minimum absolute atomic E-state index is 0.0660. The van der Waals surface area contributed by atoms with Crippen molar-refractivity contribution in [2.24, 2.45) is 32.5 Å². The van der Waals surface area contributed by atoms with E-state index in [1.54, 1.807) is 182 Å². The zero-order chi connectivity index (χ0) is 73.6. The summed E-state index contributed by atoms with van der Waals surface area (Å²) in [6.45, 7) is 12.3. The Labute approximate surface area is 603 Å². The molecule has 0 heterocycles. The number of Topliss-reactive ketones (excluding diaryl/α,β-unsaturated/α-hetero) is 4. The number of unbranched alkanes of at least 4 members (excludes halogenated alkanes) is 6. The Morgan fingerprint density at radius 3 is 0.903 bits per heavy atom. The van der Waals surface area contributed by atoms with E-state index in [1.807, 2.05) is 50.2 Å². The number of oxime groups is 4. The van der Waals surface area contributed by atoms with Gasteiger partial charge in [-0.15, -0.1) is 0 Å². The second-order valence-electron chi connectivity index (χ2n) is 24.5. The molecule has 0 aromatic heterocycles. The fourth-order valence-electron chi connectivity index (χ4n) is 10.7. The van der Waals surface area contributed by atoms with Crippen molar-refractivity contribution >= 4 is 69.9 Å². The van der Waals surface area contributed by atoms with Crippen LogP contribution in [-0.4, -0.2) is 83.1 Å². The molecule has 0 radical (unpaired) electrons. The first-order chi connectivity index (χ1) is 50.1. The molecule has 8 aromatic carbocycles. The van der Waals surface area contributed by atoms with Crippen LogP contribution in [0.15, 0.2) is 239 Å². The van der Waals surface area contributed by atoms with Gasteiger partial charge < -0.3 is 28.8 Å². The summed E-state index contributed by atoms with van der Waals surface area (Å²) in [7, 11) is 0. The van der Waals surface area contributed by atoms with Gasteiger partial charge in [-0.2, -0.15) is 0 Å². The largest absolute Gasteiger partial charge is 0.494 e. The summed E-state index contributed by atoms with van der Waals surface area (Å²) in [5, 5.41) is 15.7. The van der Waals surface area contributed by atoms with Gasteiger partial charge in [0.15, 0.2) is 0 Å². The molecular formula is C85H90N4O14. The quantitative estimate of drug-likeness (QED) is 0.0114. The third-order valence-electron chi connectivity index (χ3n) is 16.9. The number of ketones is 4. The van der Waals surface area contributed by atoms with Crippen molar-refractivity contribution in [2.75, 3.05) is 13.2 Å². The van der Waals surface area contributed by atoms with Crippen LogP contribution in [0, 0.1) is 11.8 Å². The Kier molecular flexibility index (Phi) is 33.2. The van der Waals surface area contributed by atoms with Crippen LogP contribution in [-0.2, 0) is 32.2 Å². The minimum atomic E-state index is -0.636. The molecular weight excluding hydrogens is 1300 g/mol. The molecule has 534 valence electrons. The highest BCUT2D eigenvalue weighted by Crippen LogP contribution is 2.24. The highest BCUT2D eigenvalue weighted by molar-refractivity contribution is 6.47. The third kappa shape index (κ3) is 25.9. The minimum Gasteiger partial charge on any atom is -0.494 e. The summed E-state index contributed by atoms with van der Waals surface area (Å²) in [5.74, 6) is -2.59. The van der Waals surface area contributed by atoms with Gasteiger partial charge in [0.2, 0.25) is 23.1 Å². The molecule has 0 aliphatic carbocycles. The van der Waals surface area contributed by atoms with Crippen LogP contribution in [0.4, 0.5) is 0 Å². The molecule has 0 bridgehead atoms. The Morgan fingerprint density at radius 1 is 0.301 bits per heavy atom. The van der Waals surface area contributed by atoms with Gasteiger partial charge in [-0.1, -0.05) is 202 Å². The summed E-state index contributed by atoms with van der Waals surface area (Å²) >= 11 is 0. The number of carbonyl (C=O) groups is 8. The molecule has 0 saturated heterocycles. The molecule has 18 nitrogen and oxygen atoms in total. The van der Waals surface area contributed by atoms with Crippen LogP contribution < -0.4 is 9.47 Å². The lowest BCUT2D eigenvalue weighted by molar-refractivity contribution is 0.0503. The van der Waals surface area contributed by atoms with Gasteiger partial charge in [-0.25, -0.2) is 19.2 Å². The fourth-order valence-corrected chi connectivity index (χ4v) is 10.7. The van der Waals surface area contributed by atoms with Gasteiger partial charge in [-0.3, -0.25) is 19.2 Å². The van der Waals surface area contributed by atoms with Crippen LogP contribution in [0.2, 0.25) is 0 Å². The van der Waals surface area contributed by atoms with Gasteiger partial charge in [-0.05, 0) is 186 Å². The van der Waals surface area contributed by atoms with Crippen LogP contribution >= 0.6 is 0 Å². The first kappa shape index (κ1) is 78.9. The lowest BCUT2D eigenvalue weighted by Gasteiger charge is -2.16. The number of nitrogens with zero attached hydrogens (tertiary/aromatic N) is 4. The Bertz CT molecular complexity index is 4030. The average molecular weight is 1390 g/mol. The van der Waals surface area contributed by atoms with Crippen molar-refractivity contribution in [3.05, 3.63) is 274 Å². The zero-order valence-corrected chi connectivity index (χ0v) is 59.5. The van der Waals surface area contributed by atoms with E-state index in [1.165, 1.54) is 13.8 Å². The van der Waals surface area contributed by atoms with E-state index in [-0.39, 0.29) is 57.8 Å². The standard InChI is InChI=1S/C51H62N2O8.C34H28N2O6/c1-5-9-15-23-39(8-4)47(53-61-51(57)43-26-18-14-19-27-43)49(55)41-30-34-45(35-31-41)59-37-21-12-11-20-36-58-44-32-28-40(29-33-44)48(54)46(38(7-3)22-10-6-2)52-60-50(56)42-24-16-13-17-25-42;1-23(35-41-33(39)29-9-5-3-6-10-29)31(37)27-19-15-25(16-20-27)13-14-26-17-21-28(22-18-26)32(38)24(2)36-42-34(40)30-11-7-4-8-12-30/h13-14,16-19,24-35,38-39H,5-12,15,20-23,36-37H2,1-4H3;3-12,15-22H,13-14H2,1-2H3/b52-46+,53-47+;35-23+,36-24+. The van der Waals surface area contributed by atoms with Gasteiger partial charge in [0.1, 0.15) is 34.3 Å². The smallest absolute Gasteiger partial charge is 0.365 e. The number of benzene rings is 8. The van der Waals surface area contributed by atoms with Gasteiger partial charge >= 0.3 is 23.9 Å². The second kappa shape index (κ2) is 43.3. The summed E-state index contributed by atoms with van der Waals surface area (Å²) in [5.41, 5.74) is 5.92. The molecule has 18 heteroatoms. The molecule has 103 heavy (non-hydrogen) atoms. The van der Waals surface area contributed by atoms with E-state index in [0.29, 0.717) is 82.1 Å². The molecule has 2 atom stereocenters. The number of ether oxygens (including phenoxy) is 2. The van der Waals surface area contributed by atoms with Crippen molar-refractivity contribution in [3.63, 3.8) is 0 Å². The van der Waals surface area contributed by atoms with E-state index in [0.717, 1.165) is 94.6 Å². The maximum absolute atomic E-state index is 13.7. The second-order valence-corrected chi connectivity index (χ2v) is 24.5. The van der Waals surface area contributed by atoms with E-state index < -0.39 is 23.9 Å². The zero-order valence-electron chi connectivity index (χ0n) is 59.5. The third-order valence-corrected chi connectivity index (χ3v) is 16.9. The normalized spacial score (nSPS) is 12.1. The summed E-state index contributed by atoms with van der Waals surface area (Å²) < 4.78 is 11.9. The van der Waals surface area contributed by atoms with Gasteiger partial charge in [0.05, 0.1) is 35.5 Å². The van der Waals surface area contributed by atoms with Gasteiger partial charge in [0, 0.05) is 34.1 Å².